The number of piperidine rings is 1. The largest absolute Gasteiger partial charge is 0.356 e. The minimum atomic E-state index is 0. The number of nitrogens with one attached hydrogen (secondary N) is 2. The number of hydrogen-bond acceptors (Lipinski definition) is 3. The first-order valence-electron chi connectivity index (χ1n) is 8.82. The Morgan fingerprint density at radius 2 is 2.12 bits per heavy atom. The monoisotopic (exact) mass is 457 g/mol. The second-order valence-corrected chi connectivity index (χ2v) is 6.70. The fourth-order valence-corrected chi connectivity index (χ4v) is 3.10. The van der Waals surface area contributed by atoms with Crippen molar-refractivity contribution in [2.45, 2.75) is 39.2 Å². The van der Waals surface area contributed by atoms with Crippen LogP contribution in [-0.4, -0.2) is 55.1 Å². The van der Waals surface area contributed by atoms with Gasteiger partial charge in [0.1, 0.15) is 0 Å². The van der Waals surface area contributed by atoms with Crippen molar-refractivity contribution >= 4 is 29.9 Å². The Hall–Kier alpha value is -1.15. The highest BCUT2D eigenvalue weighted by Gasteiger charge is 2.19. The van der Waals surface area contributed by atoms with Crippen LogP contribution in [0, 0.1) is 6.92 Å². The molecule has 0 radical (unpaired) electrons. The zero-order chi connectivity index (χ0) is 17.4. The zero-order valence-electron chi connectivity index (χ0n) is 15.7. The number of pyridine rings is 1. The van der Waals surface area contributed by atoms with Crippen LogP contribution in [0.4, 0.5) is 0 Å². The fraction of sp³-hybridized carbons (Fsp3) is 0.579. The van der Waals surface area contributed by atoms with Gasteiger partial charge in [-0.05, 0) is 50.3 Å². The van der Waals surface area contributed by atoms with Gasteiger partial charge >= 0.3 is 0 Å². The summed E-state index contributed by atoms with van der Waals surface area (Å²) < 4.78 is 0. The molecule has 1 aromatic heterocycles. The third kappa shape index (κ3) is 7.73. The number of nitrogens with zero attached hydrogens (tertiary/aromatic N) is 3. The molecule has 0 atom stereocenters. The number of hydrogen-bond donors (Lipinski definition) is 2. The molecular formula is C19H32IN5. The third-order valence-electron chi connectivity index (χ3n) is 4.47. The lowest BCUT2D eigenvalue weighted by Gasteiger charge is -2.33. The van der Waals surface area contributed by atoms with E-state index in [4.69, 9.17) is 0 Å². The van der Waals surface area contributed by atoms with Crippen molar-refractivity contribution in [3.05, 3.63) is 41.7 Å². The van der Waals surface area contributed by atoms with Gasteiger partial charge in [0.2, 0.25) is 0 Å². The van der Waals surface area contributed by atoms with Gasteiger partial charge in [0, 0.05) is 51.7 Å². The highest BCUT2D eigenvalue weighted by molar-refractivity contribution is 14.0. The van der Waals surface area contributed by atoms with Crippen molar-refractivity contribution < 1.29 is 0 Å². The topological polar surface area (TPSA) is 52.5 Å². The second kappa shape index (κ2) is 11.5. The molecule has 0 saturated carbocycles. The third-order valence-corrected chi connectivity index (χ3v) is 4.47. The predicted molar refractivity (Wildman–Crippen MR) is 117 cm³/mol. The fourth-order valence-electron chi connectivity index (χ4n) is 3.10. The zero-order valence-corrected chi connectivity index (χ0v) is 18.0. The van der Waals surface area contributed by atoms with Crippen molar-refractivity contribution in [2.75, 3.05) is 33.2 Å². The minimum Gasteiger partial charge on any atom is -0.356 e. The Morgan fingerprint density at radius 1 is 1.40 bits per heavy atom. The van der Waals surface area contributed by atoms with Crippen LogP contribution in [0.1, 0.15) is 30.9 Å². The lowest BCUT2D eigenvalue weighted by atomic mass is 10.0. The molecule has 1 aliphatic heterocycles. The van der Waals surface area contributed by atoms with E-state index in [0.717, 1.165) is 51.4 Å². The number of likely N-dealkylation sites (tertiary alicyclic amines) is 1. The molecule has 6 heteroatoms. The first kappa shape index (κ1) is 21.9. The van der Waals surface area contributed by atoms with Crippen LogP contribution in [0.5, 0.6) is 0 Å². The first-order chi connectivity index (χ1) is 11.6. The van der Waals surface area contributed by atoms with Gasteiger partial charge in [0.05, 0.1) is 0 Å². The normalized spacial score (nSPS) is 16.2. The summed E-state index contributed by atoms with van der Waals surface area (Å²) in [5.74, 6) is 0.903. The molecular weight excluding hydrogens is 425 g/mol. The minimum absolute atomic E-state index is 0. The van der Waals surface area contributed by atoms with Crippen molar-refractivity contribution in [2.24, 2.45) is 4.99 Å². The highest BCUT2D eigenvalue weighted by atomic mass is 127. The van der Waals surface area contributed by atoms with E-state index in [1.807, 2.05) is 19.4 Å². The van der Waals surface area contributed by atoms with Crippen LogP contribution in [0.2, 0.25) is 0 Å². The molecule has 2 N–H and O–H groups in total. The lowest BCUT2D eigenvalue weighted by Crippen LogP contribution is -2.49. The smallest absolute Gasteiger partial charge is 0.191 e. The number of halogens is 1. The van der Waals surface area contributed by atoms with Crippen molar-refractivity contribution in [3.8, 4) is 0 Å². The average molecular weight is 457 g/mol. The quantitative estimate of drug-likeness (QED) is 0.299. The van der Waals surface area contributed by atoms with Gasteiger partial charge in [0.15, 0.2) is 5.96 Å². The summed E-state index contributed by atoms with van der Waals surface area (Å²) in [6, 6.07) is 2.59. The van der Waals surface area contributed by atoms with Gasteiger partial charge in [-0.1, -0.05) is 12.2 Å². The number of aryl methyl sites for hydroxylation is 1. The molecule has 1 aromatic rings. The van der Waals surface area contributed by atoms with Crippen LogP contribution < -0.4 is 10.6 Å². The van der Waals surface area contributed by atoms with Crippen molar-refractivity contribution in [1.29, 1.82) is 0 Å². The van der Waals surface area contributed by atoms with Crippen LogP contribution in [0.15, 0.2) is 35.6 Å². The predicted octanol–water partition coefficient (Wildman–Crippen LogP) is 2.76. The molecule has 2 heterocycles. The van der Waals surface area contributed by atoms with E-state index >= 15 is 0 Å². The molecule has 0 unspecified atom stereocenters. The number of guanidine groups is 1. The van der Waals surface area contributed by atoms with Gasteiger partial charge in [-0.25, -0.2) is 0 Å². The van der Waals surface area contributed by atoms with Crippen LogP contribution >= 0.6 is 24.0 Å². The number of aliphatic imine (C=N–C) groups is 1. The maximum absolute atomic E-state index is 4.36. The summed E-state index contributed by atoms with van der Waals surface area (Å²) in [5.41, 5.74) is 3.82. The van der Waals surface area contributed by atoms with Gasteiger partial charge in [-0.15, -0.1) is 24.0 Å². The lowest BCUT2D eigenvalue weighted by molar-refractivity contribution is 0.221. The summed E-state index contributed by atoms with van der Waals surface area (Å²) in [6.45, 7) is 12.3. The van der Waals surface area contributed by atoms with Gasteiger partial charge in [0.25, 0.3) is 0 Å². The standard InChI is InChI=1S/C19H31N5.HI/c1-15(2)14-24-11-7-18(8-12-24)23-19(20-4)22-10-6-17-5-9-21-13-16(17)3;/h5,9,13,18H,1,6-8,10-12,14H2,2-4H3,(H2,20,22,23);1H. The van der Waals surface area contributed by atoms with E-state index in [0.29, 0.717) is 6.04 Å². The molecule has 1 aliphatic rings. The van der Waals surface area contributed by atoms with Crippen LogP contribution in [0.25, 0.3) is 0 Å². The van der Waals surface area contributed by atoms with E-state index in [1.54, 1.807) is 0 Å². The summed E-state index contributed by atoms with van der Waals surface area (Å²) in [7, 11) is 1.84. The highest BCUT2D eigenvalue weighted by Crippen LogP contribution is 2.11. The molecule has 140 valence electrons. The van der Waals surface area contributed by atoms with Crippen LogP contribution in [0.3, 0.4) is 0 Å². The molecule has 25 heavy (non-hydrogen) atoms. The molecule has 2 rings (SSSR count). The molecule has 1 fully saturated rings. The van der Waals surface area contributed by atoms with E-state index < -0.39 is 0 Å². The SMILES string of the molecule is C=C(C)CN1CCC(NC(=NC)NCCc2ccncc2C)CC1.I. The maximum Gasteiger partial charge on any atom is 0.191 e. The van der Waals surface area contributed by atoms with Crippen LogP contribution in [-0.2, 0) is 6.42 Å². The first-order valence-corrected chi connectivity index (χ1v) is 8.82. The van der Waals surface area contributed by atoms with E-state index in [1.165, 1.54) is 16.7 Å². The molecule has 0 amide bonds. The Labute approximate surface area is 169 Å². The van der Waals surface area contributed by atoms with Crippen molar-refractivity contribution in [1.82, 2.24) is 20.5 Å². The van der Waals surface area contributed by atoms with E-state index in [9.17, 15) is 0 Å². The Balaban J connectivity index is 0.00000312. The van der Waals surface area contributed by atoms with E-state index in [2.05, 4.69) is 52.0 Å². The van der Waals surface area contributed by atoms with Gasteiger partial charge < -0.3 is 10.6 Å². The Bertz CT molecular complexity index is 565. The second-order valence-electron chi connectivity index (χ2n) is 6.70. The Kier molecular flexibility index (Phi) is 10.0. The maximum atomic E-state index is 4.36. The molecule has 5 nitrogen and oxygen atoms in total. The summed E-state index contributed by atoms with van der Waals surface area (Å²) in [5, 5.41) is 6.98. The Morgan fingerprint density at radius 3 is 2.72 bits per heavy atom. The molecule has 0 aromatic carbocycles. The summed E-state index contributed by atoms with van der Waals surface area (Å²) >= 11 is 0. The molecule has 0 spiro atoms. The van der Waals surface area contributed by atoms with E-state index in [-0.39, 0.29) is 24.0 Å². The van der Waals surface area contributed by atoms with Gasteiger partial charge in [-0.2, -0.15) is 0 Å². The summed E-state index contributed by atoms with van der Waals surface area (Å²) in [6.07, 6.45) is 7.05. The molecule has 1 saturated heterocycles. The average Bonchev–Trinajstić information content (AvgIpc) is 2.57. The van der Waals surface area contributed by atoms with Crippen molar-refractivity contribution in [3.63, 3.8) is 0 Å². The molecule has 0 aliphatic carbocycles. The number of rotatable bonds is 6. The summed E-state index contributed by atoms with van der Waals surface area (Å²) in [4.78, 5) is 11.0. The van der Waals surface area contributed by atoms with Gasteiger partial charge in [-0.3, -0.25) is 14.9 Å². The number of aromatic nitrogens is 1. The molecule has 0 bridgehead atoms.